The second kappa shape index (κ2) is 3.93. The van der Waals surface area contributed by atoms with E-state index in [1.54, 1.807) is 18.2 Å². The summed E-state index contributed by atoms with van der Waals surface area (Å²) in [6.07, 6.45) is 0. The standard InChI is InChI=1S/C8H10FNO/c1-2-11-10-8-6-4-3-5-7(8)9/h3-6,10H,2H2,1H3. The molecule has 0 heterocycles. The molecule has 0 spiro atoms. The predicted molar refractivity (Wildman–Crippen MR) is 41.6 cm³/mol. The Morgan fingerprint density at radius 3 is 2.82 bits per heavy atom. The fourth-order valence-electron chi connectivity index (χ4n) is 0.694. The smallest absolute Gasteiger partial charge is 0.148 e. The molecule has 0 saturated heterocycles. The van der Waals surface area contributed by atoms with Crippen LogP contribution >= 0.6 is 0 Å². The van der Waals surface area contributed by atoms with Crippen molar-refractivity contribution in [3.8, 4) is 0 Å². The van der Waals surface area contributed by atoms with Gasteiger partial charge >= 0.3 is 0 Å². The zero-order valence-corrected chi connectivity index (χ0v) is 6.30. The molecule has 2 nitrogen and oxygen atoms in total. The van der Waals surface area contributed by atoms with Gasteiger partial charge in [0.05, 0.1) is 12.3 Å². The SMILES string of the molecule is CCONc1ccccc1F. The van der Waals surface area contributed by atoms with Gasteiger partial charge in [-0.05, 0) is 19.1 Å². The molecular weight excluding hydrogens is 145 g/mol. The molecule has 0 bridgehead atoms. The zero-order chi connectivity index (χ0) is 8.10. The van der Waals surface area contributed by atoms with Crippen molar-refractivity contribution in [3.05, 3.63) is 30.1 Å². The van der Waals surface area contributed by atoms with Gasteiger partial charge in [-0.15, -0.1) is 0 Å². The number of para-hydroxylation sites is 1. The molecule has 11 heavy (non-hydrogen) atoms. The number of anilines is 1. The fourth-order valence-corrected chi connectivity index (χ4v) is 0.694. The maximum Gasteiger partial charge on any atom is 0.148 e. The number of nitrogens with one attached hydrogen (secondary N) is 1. The van der Waals surface area contributed by atoms with Crippen LogP contribution in [0.2, 0.25) is 0 Å². The maximum absolute atomic E-state index is 12.8. The lowest BCUT2D eigenvalue weighted by atomic mass is 10.3. The van der Waals surface area contributed by atoms with Crippen molar-refractivity contribution < 1.29 is 9.23 Å². The van der Waals surface area contributed by atoms with Crippen LogP contribution in [0.3, 0.4) is 0 Å². The fraction of sp³-hybridized carbons (Fsp3) is 0.250. The van der Waals surface area contributed by atoms with Gasteiger partial charge in [0.1, 0.15) is 5.82 Å². The van der Waals surface area contributed by atoms with Crippen LogP contribution in [0.15, 0.2) is 24.3 Å². The number of halogens is 1. The first-order valence-corrected chi connectivity index (χ1v) is 3.47. The van der Waals surface area contributed by atoms with Crippen LogP contribution < -0.4 is 5.48 Å². The maximum atomic E-state index is 12.8. The summed E-state index contributed by atoms with van der Waals surface area (Å²) in [4.78, 5) is 4.81. The summed E-state index contributed by atoms with van der Waals surface area (Å²) in [5.74, 6) is -0.305. The molecule has 0 aliphatic carbocycles. The largest absolute Gasteiger partial charge is 0.276 e. The predicted octanol–water partition coefficient (Wildman–Crippen LogP) is 2.19. The summed E-state index contributed by atoms with van der Waals surface area (Å²) in [6.45, 7) is 2.34. The summed E-state index contributed by atoms with van der Waals surface area (Å²) >= 11 is 0. The first-order valence-electron chi connectivity index (χ1n) is 3.47. The van der Waals surface area contributed by atoms with Crippen LogP contribution in [0, 0.1) is 5.82 Å². The molecule has 0 amide bonds. The van der Waals surface area contributed by atoms with E-state index in [1.807, 2.05) is 6.92 Å². The van der Waals surface area contributed by atoms with Crippen LogP contribution in [0.4, 0.5) is 10.1 Å². The summed E-state index contributed by atoms with van der Waals surface area (Å²) in [5.41, 5.74) is 2.86. The van der Waals surface area contributed by atoms with Crippen LogP contribution in [0.5, 0.6) is 0 Å². The van der Waals surface area contributed by atoms with Crippen LogP contribution in [-0.4, -0.2) is 6.61 Å². The minimum absolute atomic E-state index is 0.305. The average molecular weight is 155 g/mol. The topological polar surface area (TPSA) is 21.3 Å². The molecule has 0 aliphatic rings. The molecule has 0 aliphatic heterocycles. The molecule has 1 aromatic rings. The normalized spacial score (nSPS) is 9.64. The lowest BCUT2D eigenvalue weighted by Gasteiger charge is -2.04. The van der Waals surface area contributed by atoms with Gasteiger partial charge in [-0.2, -0.15) is 0 Å². The summed E-state index contributed by atoms with van der Waals surface area (Å²) < 4.78 is 12.8. The van der Waals surface area contributed by atoms with E-state index >= 15 is 0 Å². The Hall–Kier alpha value is -1.09. The lowest BCUT2D eigenvalue weighted by Crippen LogP contribution is -2.01. The van der Waals surface area contributed by atoms with Crippen molar-refractivity contribution in [1.82, 2.24) is 0 Å². The highest BCUT2D eigenvalue weighted by Crippen LogP contribution is 2.11. The summed E-state index contributed by atoms with van der Waals surface area (Å²) in [6, 6.07) is 6.36. The quantitative estimate of drug-likeness (QED) is 0.675. The second-order valence-corrected chi connectivity index (χ2v) is 2.01. The van der Waals surface area contributed by atoms with Crippen molar-refractivity contribution in [2.24, 2.45) is 0 Å². The van der Waals surface area contributed by atoms with Crippen LogP contribution in [0.25, 0.3) is 0 Å². The highest BCUT2D eigenvalue weighted by atomic mass is 19.1. The molecule has 60 valence electrons. The van der Waals surface area contributed by atoms with Crippen molar-refractivity contribution in [2.45, 2.75) is 6.92 Å². The van der Waals surface area contributed by atoms with Crippen molar-refractivity contribution in [1.29, 1.82) is 0 Å². The van der Waals surface area contributed by atoms with Crippen LogP contribution in [-0.2, 0) is 4.84 Å². The number of rotatable bonds is 3. The van der Waals surface area contributed by atoms with Gasteiger partial charge in [0, 0.05) is 0 Å². The molecule has 0 aromatic heterocycles. The number of hydrogen-bond acceptors (Lipinski definition) is 2. The van der Waals surface area contributed by atoms with Crippen LogP contribution in [0.1, 0.15) is 6.92 Å². The van der Waals surface area contributed by atoms with E-state index in [-0.39, 0.29) is 5.82 Å². The minimum Gasteiger partial charge on any atom is -0.276 e. The van der Waals surface area contributed by atoms with Crippen molar-refractivity contribution in [3.63, 3.8) is 0 Å². The second-order valence-electron chi connectivity index (χ2n) is 2.01. The van der Waals surface area contributed by atoms with E-state index in [9.17, 15) is 4.39 Å². The van der Waals surface area contributed by atoms with Crippen molar-refractivity contribution in [2.75, 3.05) is 12.1 Å². The molecule has 1 aromatic carbocycles. The third-order valence-electron chi connectivity index (χ3n) is 1.20. The third kappa shape index (κ3) is 2.20. The zero-order valence-electron chi connectivity index (χ0n) is 6.30. The molecule has 3 heteroatoms. The van der Waals surface area contributed by atoms with Gasteiger partial charge < -0.3 is 0 Å². The van der Waals surface area contributed by atoms with E-state index in [1.165, 1.54) is 6.07 Å². The van der Waals surface area contributed by atoms with Gasteiger partial charge in [-0.25, -0.2) is 4.39 Å². The molecule has 0 fully saturated rings. The van der Waals surface area contributed by atoms with Gasteiger partial charge in [0.25, 0.3) is 0 Å². The van der Waals surface area contributed by atoms with E-state index in [0.717, 1.165) is 0 Å². The first kappa shape index (κ1) is 8.01. The Labute approximate surface area is 64.9 Å². The average Bonchev–Trinajstić information content (AvgIpc) is 2.03. The molecular formula is C8H10FNO. The Morgan fingerprint density at radius 1 is 1.45 bits per heavy atom. The molecule has 0 radical (unpaired) electrons. The van der Waals surface area contributed by atoms with E-state index in [2.05, 4.69) is 5.48 Å². The first-order chi connectivity index (χ1) is 5.34. The third-order valence-corrected chi connectivity index (χ3v) is 1.20. The van der Waals surface area contributed by atoms with E-state index in [0.29, 0.717) is 12.3 Å². The Morgan fingerprint density at radius 2 is 2.18 bits per heavy atom. The van der Waals surface area contributed by atoms with E-state index in [4.69, 9.17) is 4.84 Å². The highest BCUT2D eigenvalue weighted by molar-refractivity contribution is 5.41. The number of benzene rings is 1. The van der Waals surface area contributed by atoms with Crippen molar-refractivity contribution >= 4 is 5.69 Å². The molecule has 0 unspecified atom stereocenters. The summed E-state index contributed by atoms with van der Waals surface area (Å²) in [5, 5.41) is 0. The van der Waals surface area contributed by atoms with Gasteiger partial charge in [-0.1, -0.05) is 12.1 Å². The van der Waals surface area contributed by atoms with Gasteiger partial charge in [0.15, 0.2) is 0 Å². The summed E-state index contributed by atoms with van der Waals surface area (Å²) in [7, 11) is 0. The molecule has 0 atom stereocenters. The number of hydrogen-bond donors (Lipinski definition) is 1. The highest BCUT2D eigenvalue weighted by Gasteiger charge is 1.96. The Kier molecular flexibility index (Phi) is 2.86. The Balaban J connectivity index is 2.62. The molecule has 1 N–H and O–H groups in total. The molecule has 1 rings (SSSR count). The minimum atomic E-state index is -0.305. The lowest BCUT2D eigenvalue weighted by molar-refractivity contribution is 0.209. The van der Waals surface area contributed by atoms with E-state index < -0.39 is 0 Å². The van der Waals surface area contributed by atoms with Gasteiger partial charge in [0.2, 0.25) is 0 Å². The Bertz CT molecular complexity index is 227. The molecule has 0 saturated carbocycles. The monoisotopic (exact) mass is 155 g/mol. The van der Waals surface area contributed by atoms with Gasteiger partial charge in [-0.3, -0.25) is 10.3 Å².